The standard InChI is InChI=1S/C15H20N2O/c16-9-4-1-5-10-17-11-8-13-6-2-3-7-14(13)15(17)12-18/h2-3,6-7,15,18H,1,4-5,8,10-12H2. The third-order valence-electron chi connectivity index (χ3n) is 3.68. The van der Waals surface area contributed by atoms with E-state index in [0.717, 1.165) is 32.4 Å². The number of nitrogens with zero attached hydrogens (tertiary/aromatic N) is 2. The molecule has 1 aromatic carbocycles. The maximum atomic E-state index is 9.62. The Balaban J connectivity index is 2.00. The van der Waals surface area contributed by atoms with Crippen LogP contribution in [0.25, 0.3) is 0 Å². The average Bonchev–Trinajstić information content (AvgIpc) is 2.43. The van der Waals surface area contributed by atoms with E-state index >= 15 is 0 Å². The highest BCUT2D eigenvalue weighted by molar-refractivity contribution is 5.32. The second-order valence-electron chi connectivity index (χ2n) is 4.80. The fourth-order valence-electron chi connectivity index (χ4n) is 2.70. The van der Waals surface area contributed by atoms with E-state index in [1.54, 1.807) is 0 Å². The lowest BCUT2D eigenvalue weighted by Gasteiger charge is -2.36. The first-order valence-electron chi connectivity index (χ1n) is 6.66. The molecular formula is C15H20N2O. The van der Waals surface area contributed by atoms with Gasteiger partial charge < -0.3 is 5.11 Å². The first kappa shape index (κ1) is 13.1. The molecule has 1 N–H and O–H groups in total. The summed E-state index contributed by atoms with van der Waals surface area (Å²) in [5.41, 5.74) is 2.64. The molecule has 3 nitrogen and oxygen atoms in total. The van der Waals surface area contributed by atoms with Crippen LogP contribution < -0.4 is 0 Å². The lowest BCUT2D eigenvalue weighted by atomic mass is 9.93. The van der Waals surface area contributed by atoms with Gasteiger partial charge >= 0.3 is 0 Å². The molecule has 1 aliphatic heterocycles. The van der Waals surface area contributed by atoms with Crippen LogP contribution in [0.3, 0.4) is 0 Å². The Bertz CT molecular complexity index is 425. The fraction of sp³-hybridized carbons (Fsp3) is 0.533. The molecule has 96 valence electrons. The molecule has 3 heteroatoms. The predicted molar refractivity (Wildman–Crippen MR) is 71.0 cm³/mol. The molecule has 0 amide bonds. The maximum absolute atomic E-state index is 9.62. The van der Waals surface area contributed by atoms with E-state index in [-0.39, 0.29) is 12.6 Å². The van der Waals surface area contributed by atoms with Crippen LogP contribution in [0.15, 0.2) is 24.3 Å². The smallest absolute Gasteiger partial charge is 0.0628 e. The average molecular weight is 244 g/mol. The highest BCUT2D eigenvalue weighted by Gasteiger charge is 2.25. The second kappa shape index (κ2) is 6.53. The molecule has 0 radical (unpaired) electrons. The normalized spacial score (nSPS) is 19.2. The topological polar surface area (TPSA) is 47.3 Å². The van der Waals surface area contributed by atoms with Crippen LogP contribution in [-0.4, -0.2) is 29.7 Å². The predicted octanol–water partition coefficient (Wildman–Crippen LogP) is 2.27. The van der Waals surface area contributed by atoms with Gasteiger partial charge in [0.15, 0.2) is 0 Å². The molecule has 2 rings (SSSR count). The van der Waals surface area contributed by atoms with Gasteiger partial charge in [-0.2, -0.15) is 5.26 Å². The molecule has 0 bridgehead atoms. The van der Waals surface area contributed by atoms with Gasteiger partial charge in [-0.15, -0.1) is 0 Å². The van der Waals surface area contributed by atoms with Crippen molar-refractivity contribution in [2.24, 2.45) is 0 Å². The summed E-state index contributed by atoms with van der Waals surface area (Å²) in [4.78, 5) is 2.35. The van der Waals surface area contributed by atoms with Crippen LogP contribution >= 0.6 is 0 Å². The van der Waals surface area contributed by atoms with E-state index < -0.39 is 0 Å². The molecule has 1 unspecified atom stereocenters. The number of unbranched alkanes of at least 4 members (excludes halogenated alkanes) is 2. The number of nitriles is 1. The second-order valence-corrected chi connectivity index (χ2v) is 4.80. The van der Waals surface area contributed by atoms with Crippen molar-refractivity contribution in [2.45, 2.75) is 31.7 Å². The van der Waals surface area contributed by atoms with Crippen molar-refractivity contribution in [3.63, 3.8) is 0 Å². The zero-order valence-corrected chi connectivity index (χ0v) is 10.7. The van der Waals surface area contributed by atoms with Crippen LogP contribution in [-0.2, 0) is 6.42 Å². The Morgan fingerprint density at radius 2 is 2.17 bits per heavy atom. The molecule has 0 saturated heterocycles. The van der Waals surface area contributed by atoms with Crippen LogP contribution in [0.2, 0.25) is 0 Å². The van der Waals surface area contributed by atoms with Crippen molar-refractivity contribution < 1.29 is 5.11 Å². The third-order valence-corrected chi connectivity index (χ3v) is 3.68. The number of hydrogen-bond acceptors (Lipinski definition) is 3. The van der Waals surface area contributed by atoms with Crippen molar-refractivity contribution in [3.8, 4) is 6.07 Å². The number of benzene rings is 1. The molecular weight excluding hydrogens is 224 g/mol. The van der Waals surface area contributed by atoms with Gasteiger partial charge in [0.05, 0.1) is 18.7 Å². The minimum Gasteiger partial charge on any atom is -0.394 e. The summed E-state index contributed by atoms with van der Waals surface area (Å²) < 4.78 is 0. The Hall–Kier alpha value is -1.37. The quantitative estimate of drug-likeness (QED) is 0.808. The Morgan fingerprint density at radius 3 is 2.94 bits per heavy atom. The summed E-state index contributed by atoms with van der Waals surface area (Å²) in [6.07, 6.45) is 3.68. The Morgan fingerprint density at radius 1 is 1.33 bits per heavy atom. The molecule has 1 atom stereocenters. The monoisotopic (exact) mass is 244 g/mol. The van der Waals surface area contributed by atoms with Crippen LogP contribution in [0.4, 0.5) is 0 Å². The number of aliphatic hydroxyl groups is 1. The number of hydrogen-bond donors (Lipinski definition) is 1. The Labute approximate surface area is 109 Å². The maximum Gasteiger partial charge on any atom is 0.0628 e. The van der Waals surface area contributed by atoms with Crippen molar-refractivity contribution in [2.75, 3.05) is 19.7 Å². The molecule has 18 heavy (non-hydrogen) atoms. The van der Waals surface area contributed by atoms with Crippen molar-refractivity contribution >= 4 is 0 Å². The van der Waals surface area contributed by atoms with Gasteiger partial charge in [-0.05, 0) is 36.9 Å². The third kappa shape index (κ3) is 2.90. The highest BCUT2D eigenvalue weighted by atomic mass is 16.3. The summed E-state index contributed by atoms with van der Waals surface area (Å²) in [6, 6.07) is 10.7. The van der Waals surface area contributed by atoms with Crippen LogP contribution in [0, 0.1) is 11.3 Å². The number of aliphatic hydroxyl groups excluding tert-OH is 1. The molecule has 0 aromatic heterocycles. The fourth-order valence-corrected chi connectivity index (χ4v) is 2.70. The van der Waals surface area contributed by atoms with Gasteiger partial charge in [0.25, 0.3) is 0 Å². The summed E-state index contributed by atoms with van der Waals surface area (Å²) >= 11 is 0. The zero-order chi connectivity index (χ0) is 12.8. The first-order valence-corrected chi connectivity index (χ1v) is 6.66. The van der Waals surface area contributed by atoms with Crippen LogP contribution in [0.1, 0.15) is 36.4 Å². The summed E-state index contributed by atoms with van der Waals surface area (Å²) in [5.74, 6) is 0. The van der Waals surface area contributed by atoms with E-state index in [9.17, 15) is 5.11 Å². The molecule has 1 heterocycles. The molecule has 1 aromatic rings. The van der Waals surface area contributed by atoms with Crippen LogP contribution in [0.5, 0.6) is 0 Å². The largest absolute Gasteiger partial charge is 0.394 e. The van der Waals surface area contributed by atoms with Gasteiger partial charge in [-0.25, -0.2) is 0 Å². The summed E-state index contributed by atoms with van der Waals surface area (Å²) in [7, 11) is 0. The lowest BCUT2D eigenvalue weighted by Crippen LogP contribution is -2.37. The van der Waals surface area contributed by atoms with E-state index in [1.807, 2.05) is 6.07 Å². The molecule has 0 spiro atoms. The molecule has 1 aliphatic rings. The van der Waals surface area contributed by atoms with Crippen molar-refractivity contribution in [3.05, 3.63) is 35.4 Å². The van der Waals surface area contributed by atoms with Gasteiger partial charge in [0, 0.05) is 13.0 Å². The minimum absolute atomic E-state index is 0.136. The molecule has 0 saturated carbocycles. The minimum atomic E-state index is 0.136. The number of fused-ring (bicyclic) bond motifs is 1. The zero-order valence-electron chi connectivity index (χ0n) is 10.7. The number of rotatable bonds is 5. The van der Waals surface area contributed by atoms with Crippen molar-refractivity contribution in [1.29, 1.82) is 5.26 Å². The first-order chi connectivity index (χ1) is 8.86. The molecule has 0 fully saturated rings. The van der Waals surface area contributed by atoms with Gasteiger partial charge in [0.1, 0.15) is 0 Å². The van der Waals surface area contributed by atoms with E-state index in [1.165, 1.54) is 11.1 Å². The van der Waals surface area contributed by atoms with Gasteiger partial charge in [-0.1, -0.05) is 24.3 Å². The van der Waals surface area contributed by atoms with E-state index in [0.29, 0.717) is 6.42 Å². The summed E-state index contributed by atoms with van der Waals surface area (Å²) in [5, 5.41) is 18.1. The summed E-state index contributed by atoms with van der Waals surface area (Å²) in [6.45, 7) is 2.16. The van der Waals surface area contributed by atoms with Crippen molar-refractivity contribution in [1.82, 2.24) is 4.90 Å². The molecule has 0 aliphatic carbocycles. The van der Waals surface area contributed by atoms with Gasteiger partial charge in [0.2, 0.25) is 0 Å². The van der Waals surface area contributed by atoms with E-state index in [4.69, 9.17) is 5.26 Å². The van der Waals surface area contributed by atoms with Gasteiger partial charge in [-0.3, -0.25) is 4.90 Å². The SMILES string of the molecule is N#CCCCCN1CCc2ccccc2C1CO. The van der Waals surface area contributed by atoms with E-state index in [2.05, 4.69) is 29.2 Å². The highest BCUT2D eigenvalue weighted by Crippen LogP contribution is 2.29. The Kier molecular flexibility index (Phi) is 4.74. The lowest BCUT2D eigenvalue weighted by molar-refractivity contribution is 0.113.